The highest BCUT2D eigenvalue weighted by Gasteiger charge is 2.55. The summed E-state index contributed by atoms with van der Waals surface area (Å²) in [6.07, 6.45) is 8.44. The first-order chi connectivity index (χ1) is 14.7. The van der Waals surface area contributed by atoms with Gasteiger partial charge in [0.1, 0.15) is 0 Å². The average Bonchev–Trinajstić information content (AvgIpc) is 2.71. The van der Waals surface area contributed by atoms with Crippen LogP contribution in [0, 0.1) is 23.2 Å². The number of hydrogen-bond acceptors (Lipinski definition) is 4. The molecule has 0 N–H and O–H groups in total. The number of piperazine rings is 1. The van der Waals surface area contributed by atoms with E-state index in [-0.39, 0.29) is 17.1 Å². The van der Waals surface area contributed by atoms with E-state index < -0.39 is 9.84 Å². The van der Waals surface area contributed by atoms with Crippen molar-refractivity contribution in [3.8, 4) is 0 Å². The Morgan fingerprint density at radius 2 is 1.35 bits per heavy atom. The summed E-state index contributed by atoms with van der Waals surface area (Å²) >= 11 is 0. The molecule has 1 aromatic rings. The van der Waals surface area contributed by atoms with Gasteiger partial charge in [-0.1, -0.05) is 12.1 Å². The van der Waals surface area contributed by atoms with Crippen LogP contribution in [0.25, 0.3) is 0 Å². The summed E-state index contributed by atoms with van der Waals surface area (Å²) in [6, 6.07) is 6.83. The number of carbonyl (C=O) groups is 2. The molecule has 5 aliphatic rings. The molecule has 0 spiro atoms. The fourth-order valence-corrected chi connectivity index (χ4v) is 7.85. The van der Waals surface area contributed by atoms with Crippen LogP contribution >= 0.6 is 0 Å². The second-order valence-corrected chi connectivity index (χ2v) is 12.7. The Kier molecular flexibility index (Phi) is 5.15. The third-order valence-electron chi connectivity index (χ3n) is 7.98. The van der Waals surface area contributed by atoms with Crippen LogP contribution in [-0.4, -0.2) is 62.5 Å². The summed E-state index contributed by atoms with van der Waals surface area (Å²) < 4.78 is 22.9. The lowest BCUT2D eigenvalue weighted by Crippen LogP contribution is -2.58. The molecule has 1 aromatic carbocycles. The van der Waals surface area contributed by atoms with Crippen molar-refractivity contribution >= 4 is 21.7 Å². The van der Waals surface area contributed by atoms with E-state index in [1.807, 2.05) is 9.80 Å². The molecular formula is C24H32N2O4S. The lowest BCUT2D eigenvalue weighted by molar-refractivity contribution is -0.159. The normalized spacial score (nSPS) is 32.4. The minimum atomic E-state index is -3.09. The Morgan fingerprint density at radius 3 is 1.84 bits per heavy atom. The SMILES string of the molecule is CS(=O)(=O)Cc1ccc(C(=O)N2CCN(C(=O)C34CC5CC(CC(C5)C3)C4)CC2)cc1. The molecule has 4 aliphatic carbocycles. The smallest absolute Gasteiger partial charge is 0.253 e. The van der Waals surface area contributed by atoms with Gasteiger partial charge in [0.05, 0.1) is 11.2 Å². The molecule has 6 nitrogen and oxygen atoms in total. The zero-order valence-corrected chi connectivity index (χ0v) is 19.1. The highest BCUT2D eigenvalue weighted by atomic mass is 32.2. The predicted octanol–water partition coefficient (Wildman–Crippen LogP) is 2.73. The molecule has 1 aliphatic heterocycles. The van der Waals surface area contributed by atoms with Crippen molar-refractivity contribution in [1.29, 1.82) is 0 Å². The summed E-state index contributed by atoms with van der Waals surface area (Å²) in [7, 11) is -3.09. The summed E-state index contributed by atoms with van der Waals surface area (Å²) in [5, 5.41) is 0. The zero-order valence-electron chi connectivity index (χ0n) is 18.3. The number of nitrogens with zero attached hydrogens (tertiary/aromatic N) is 2. The molecule has 168 valence electrons. The second-order valence-electron chi connectivity index (χ2n) is 10.5. The Bertz CT molecular complexity index is 942. The fourth-order valence-electron chi connectivity index (χ4n) is 7.05. The number of benzene rings is 1. The molecular weight excluding hydrogens is 412 g/mol. The second kappa shape index (κ2) is 7.61. The molecule has 1 saturated heterocycles. The quantitative estimate of drug-likeness (QED) is 0.716. The third kappa shape index (κ3) is 4.13. The number of amides is 2. The summed E-state index contributed by atoms with van der Waals surface area (Å²) in [5.41, 5.74) is 1.14. The summed E-state index contributed by atoms with van der Waals surface area (Å²) in [5.74, 6) is 2.54. The van der Waals surface area contributed by atoms with Gasteiger partial charge in [0, 0.05) is 38.0 Å². The van der Waals surface area contributed by atoms with E-state index in [9.17, 15) is 18.0 Å². The third-order valence-corrected chi connectivity index (χ3v) is 8.83. The Hall–Kier alpha value is -1.89. The monoisotopic (exact) mass is 444 g/mol. The lowest BCUT2D eigenvalue weighted by atomic mass is 9.49. The predicted molar refractivity (Wildman–Crippen MR) is 118 cm³/mol. The molecule has 5 fully saturated rings. The van der Waals surface area contributed by atoms with Crippen molar-refractivity contribution in [3.63, 3.8) is 0 Å². The molecule has 4 bridgehead atoms. The van der Waals surface area contributed by atoms with E-state index in [4.69, 9.17) is 0 Å². The molecule has 0 radical (unpaired) electrons. The molecule has 0 atom stereocenters. The topological polar surface area (TPSA) is 74.8 Å². The molecule has 2 amide bonds. The van der Waals surface area contributed by atoms with E-state index >= 15 is 0 Å². The van der Waals surface area contributed by atoms with Gasteiger partial charge in [-0.05, 0) is 74.0 Å². The first kappa shape index (κ1) is 21.0. The van der Waals surface area contributed by atoms with Gasteiger partial charge in [-0.25, -0.2) is 8.42 Å². The van der Waals surface area contributed by atoms with Gasteiger partial charge in [-0.3, -0.25) is 9.59 Å². The van der Waals surface area contributed by atoms with Gasteiger partial charge in [0.25, 0.3) is 5.91 Å². The van der Waals surface area contributed by atoms with Gasteiger partial charge < -0.3 is 9.80 Å². The highest BCUT2D eigenvalue weighted by Crippen LogP contribution is 2.60. The van der Waals surface area contributed by atoms with Crippen LogP contribution in [0.4, 0.5) is 0 Å². The number of carbonyl (C=O) groups excluding carboxylic acids is 2. The number of sulfone groups is 1. The Labute approximate surface area is 184 Å². The van der Waals surface area contributed by atoms with Crippen molar-refractivity contribution < 1.29 is 18.0 Å². The maximum Gasteiger partial charge on any atom is 0.253 e. The molecule has 1 heterocycles. The van der Waals surface area contributed by atoms with E-state index in [0.717, 1.165) is 37.0 Å². The standard InChI is InChI=1S/C24H32N2O4S/c1-31(29,30)16-17-2-4-21(5-3-17)22(27)25-6-8-26(9-7-25)23(28)24-13-18-10-19(14-24)12-20(11-18)15-24/h2-5,18-20H,6-16H2,1H3. The molecule has 7 heteroatoms. The number of rotatable bonds is 4. The Morgan fingerprint density at radius 1 is 0.871 bits per heavy atom. The van der Waals surface area contributed by atoms with Gasteiger partial charge >= 0.3 is 0 Å². The molecule has 31 heavy (non-hydrogen) atoms. The highest BCUT2D eigenvalue weighted by molar-refractivity contribution is 7.89. The first-order valence-electron chi connectivity index (χ1n) is 11.6. The van der Waals surface area contributed by atoms with Crippen LogP contribution < -0.4 is 0 Å². The van der Waals surface area contributed by atoms with Gasteiger partial charge in [-0.2, -0.15) is 0 Å². The molecule has 0 unspecified atom stereocenters. The Balaban J connectivity index is 1.20. The van der Waals surface area contributed by atoms with Crippen molar-refractivity contribution in [3.05, 3.63) is 35.4 Å². The van der Waals surface area contributed by atoms with Crippen molar-refractivity contribution in [2.45, 2.75) is 44.3 Å². The van der Waals surface area contributed by atoms with E-state index in [1.54, 1.807) is 24.3 Å². The van der Waals surface area contributed by atoms with E-state index in [0.29, 0.717) is 43.2 Å². The van der Waals surface area contributed by atoms with Crippen LogP contribution in [0.1, 0.15) is 54.4 Å². The maximum absolute atomic E-state index is 13.5. The van der Waals surface area contributed by atoms with Crippen LogP contribution in [0.3, 0.4) is 0 Å². The van der Waals surface area contributed by atoms with E-state index in [1.165, 1.54) is 25.5 Å². The first-order valence-corrected chi connectivity index (χ1v) is 13.6. The lowest BCUT2D eigenvalue weighted by Gasteiger charge is -2.57. The molecule has 6 rings (SSSR count). The fraction of sp³-hybridized carbons (Fsp3) is 0.667. The van der Waals surface area contributed by atoms with Crippen molar-refractivity contribution in [1.82, 2.24) is 9.80 Å². The van der Waals surface area contributed by atoms with Gasteiger partial charge in [0.15, 0.2) is 9.84 Å². The molecule has 0 aromatic heterocycles. The van der Waals surface area contributed by atoms with Crippen LogP contribution in [0.2, 0.25) is 0 Å². The van der Waals surface area contributed by atoms with Crippen LogP contribution in [0.5, 0.6) is 0 Å². The zero-order chi connectivity index (χ0) is 21.8. The van der Waals surface area contributed by atoms with Crippen LogP contribution in [-0.2, 0) is 20.4 Å². The minimum Gasteiger partial charge on any atom is -0.339 e. The largest absolute Gasteiger partial charge is 0.339 e. The average molecular weight is 445 g/mol. The van der Waals surface area contributed by atoms with Gasteiger partial charge in [0.2, 0.25) is 5.91 Å². The van der Waals surface area contributed by atoms with Gasteiger partial charge in [-0.15, -0.1) is 0 Å². The summed E-state index contributed by atoms with van der Waals surface area (Å²) in [6.45, 7) is 2.33. The van der Waals surface area contributed by atoms with E-state index in [2.05, 4.69) is 0 Å². The van der Waals surface area contributed by atoms with Crippen LogP contribution in [0.15, 0.2) is 24.3 Å². The molecule has 4 saturated carbocycles. The maximum atomic E-state index is 13.5. The van der Waals surface area contributed by atoms with Crippen molar-refractivity contribution in [2.24, 2.45) is 23.2 Å². The minimum absolute atomic E-state index is 0.0213. The summed E-state index contributed by atoms with van der Waals surface area (Å²) in [4.78, 5) is 30.3. The number of hydrogen-bond donors (Lipinski definition) is 0. The van der Waals surface area contributed by atoms with Crippen molar-refractivity contribution in [2.75, 3.05) is 32.4 Å².